The molecular formula is C20H36ClNO3. The summed E-state index contributed by atoms with van der Waals surface area (Å²) in [4.78, 5) is 12.9. The highest BCUT2D eigenvalue weighted by molar-refractivity contribution is 6.21. The Morgan fingerprint density at radius 2 is 2.00 bits per heavy atom. The van der Waals surface area contributed by atoms with Gasteiger partial charge in [-0.2, -0.15) is 0 Å². The molecule has 1 saturated heterocycles. The molecule has 0 aliphatic carbocycles. The standard InChI is InChI=1S/C20H36ClNO3/c1-2-3-6-10-17(23)11-9-15-22-16-14-18(21)19(22)12-7-4-5-8-13-20(24)25/h4,7,17-19,23H,2-3,5-6,8-16H2,1H3,(H,24,25)/b7-4+/t17?,18-,19-/m1/s1. The Morgan fingerprint density at radius 3 is 2.72 bits per heavy atom. The first-order chi connectivity index (χ1) is 12.0. The number of likely N-dealkylation sites (tertiary alicyclic amines) is 1. The van der Waals surface area contributed by atoms with Gasteiger partial charge in [-0.05, 0) is 58.0 Å². The number of hydrogen-bond acceptors (Lipinski definition) is 3. The van der Waals surface area contributed by atoms with Crippen LogP contribution in [0.4, 0.5) is 0 Å². The second kappa shape index (κ2) is 13.6. The summed E-state index contributed by atoms with van der Waals surface area (Å²) in [5, 5.41) is 18.9. The van der Waals surface area contributed by atoms with Crippen LogP contribution in [-0.2, 0) is 4.79 Å². The number of unbranched alkanes of at least 4 members (excludes halogenated alkanes) is 3. The Labute approximate surface area is 158 Å². The number of hydrogen-bond donors (Lipinski definition) is 2. The predicted molar refractivity (Wildman–Crippen MR) is 104 cm³/mol. The molecule has 1 aliphatic heterocycles. The van der Waals surface area contributed by atoms with Gasteiger partial charge in [0.25, 0.3) is 0 Å². The van der Waals surface area contributed by atoms with Crippen molar-refractivity contribution in [1.29, 1.82) is 0 Å². The summed E-state index contributed by atoms with van der Waals surface area (Å²) in [6.07, 6.45) is 14.1. The fraction of sp³-hybridized carbons (Fsp3) is 0.850. The van der Waals surface area contributed by atoms with E-state index in [0.29, 0.717) is 12.5 Å². The molecule has 5 heteroatoms. The first-order valence-electron chi connectivity index (χ1n) is 9.97. The van der Waals surface area contributed by atoms with Crippen LogP contribution in [0.5, 0.6) is 0 Å². The zero-order valence-electron chi connectivity index (χ0n) is 15.7. The Hall–Kier alpha value is -0.580. The minimum absolute atomic E-state index is 0.159. The third-order valence-corrected chi connectivity index (χ3v) is 5.52. The lowest BCUT2D eigenvalue weighted by Crippen LogP contribution is -2.34. The van der Waals surface area contributed by atoms with Gasteiger partial charge in [0.1, 0.15) is 0 Å². The third kappa shape index (κ3) is 10.2. The molecule has 0 aromatic rings. The van der Waals surface area contributed by atoms with Crippen molar-refractivity contribution >= 4 is 17.6 Å². The van der Waals surface area contributed by atoms with E-state index in [2.05, 4.69) is 24.0 Å². The fourth-order valence-electron chi connectivity index (χ4n) is 3.48. The first kappa shape index (κ1) is 22.5. The molecule has 25 heavy (non-hydrogen) atoms. The van der Waals surface area contributed by atoms with Gasteiger partial charge in [-0.15, -0.1) is 11.6 Å². The molecule has 2 N–H and O–H groups in total. The van der Waals surface area contributed by atoms with E-state index >= 15 is 0 Å². The number of aliphatic hydroxyl groups is 1. The van der Waals surface area contributed by atoms with E-state index in [1.165, 1.54) is 12.8 Å². The summed E-state index contributed by atoms with van der Waals surface area (Å²) in [6, 6.07) is 0.370. The average molecular weight is 374 g/mol. The molecule has 0 aromatic heterocycles. The molecule has 146 valence electrons. The summed E-state index contributed by atoms with van der Waals surface area (Å²) in [5.74, 6) is -0.729. The molecular weight excluding hydrogens is 338 g/mol. The normalized spacial score (nSPS) is 22.7. The lowest BCUT2D eigenvalue weighted by atomic mass is 10.1. The minimum Gasteiger partial charge on any atom is -0.481 e. The van der Waals surface area contributed by atoms with Crippen LogP contribution in [-0.4, -0.2) is 51.7 Å². The quantitative estimate of drug-likeness (QED) is 0.265. The van der Waals surface area contributed by atoms with E-state index in [4.69, 9.17) is 16.7 Å². The Kier molecular flexibility index (Phi) is 12.2. The maximum Gasteiger partial charge on any atom is 0.303 e. The monoisotopic (exact) mass is 373 g/mol. The molecule has 4 nitrogen and oxygen atoms in total. The molecule has 0 spiro atoms. The van der Waals surface area contributed by atoms with Crippen LogP contribution in [0.15, 0.2) is 12.2 Å². The number of nitrogens with zero attached hydrogens (tertiary/aromatic N) is 1. The van der Waals surface area contributed by atoms with Gasteiger partial charge in [-0.25, -0.2) is 0 Å². The maximum atomic E-state index is 10.5. The van der Waals surface area contributed by atoms with Crippen LogP contribution in [0.1, 0.15) is 77.6 Å². The summed E-state index contributed by atoms with van der Waals surface area (Å²) < 4.78 is 0. The van der Waals surface area contributed by atoms with Gasteiger partial charge in [-0.3, -0.25) is 9.69 Å². The first-order valence-corrected chi connectivity index (χ1v) is 10.4. The zero-order valence-corrected chi connectivity index (χ0v) is 16.5. The largest absolute Gasteiger partial charge is 0.481 e. The molecule has 3 atom stereocenters. The van der Waals surface area contributed by atoms with Gasteiger partial charge in [-0.1, -0.05) is 38.3 Å². The SMILES string of the molecule is CCCCCC(O)CCCN1CC[C@@H](Cl)[C@H]1C/C=C/CCCC(=O)O. The highest BCUT2D eigenvalue weighted by atomic mass is 35.5. The smallest absolute Gasteiger partial charge is 0.303 e. The van der Waals surface area contributed by atoms with E-state index in [-0.39, 0.29) is 17.9 Å². The van der Waals surface area contributed by atoms with Crippen LogP contribution in [0.2, 0.25) is 0 Å². The van der Waals surface area contributed by atoms with Crippen LogP contribution in [0.3, 0.4) is 0 Å². The van der Waals surface area contributed by atoms with Crippen molar-refractivity contribution in [2.45, 2.75) is 95.1 Å². The lowest BCUT2D eigenvalue weighted by Gasteiger charge is -2.25. The second-order valence-corrected chi connectivity index (χ2v) is 7.75. The number of carboxylic acid groups (broad SMARTS) is 1. The van der Waals surface area contributed by atoms with Crippen molar-refractivity contribution in [2.24, 2.45) is 0 Å². The third-order valence-electron chi connectivity index (χ3n) is 5.01. The lowest BCUT2D eigenvalue weighted by molar-refractivity contribution is -0.137. The molecule has 0 amide bonds. The fourth-order valence-corrected chi connectivity index (χ4v) is 3.84. The number of carboxylic acids is 1. The van der Waals surface area contributed by atoms with Gasteiger partial charge in [0.15, 0.2) is 0 Å². The summed E-state index contributed by atoms with van der Waals surface area (Å²) in [5.41, 5.74) is 0. The summed E-state index contributed by atoms with van der Waals surface area (Å²) in [7, 11) is 0. The highest BCUT2D eigenvalue weighted by Crippen LogP contribution is 2.26. The molecule has 1 rings (SSSR count). The Bertz CT molecular complexity index is 389. The van der Waals surface area contributed by atoms with Gasteiger partial charge < -0.3 is 10.2 Å². The van der Waals surface area contributed by atoms with E-state index in [9.17, 15) is 9.90 Å². The van der Waals surface area contributed by atoms with Crippen molar-refractivity contribution in [1.82, 2.24) is 4.90 Å². The summed E-state index contributed by atoms with van der Waals surface area (Å²) >= 11 is 6.48. The van der Waals surface area contributed by atoms with Crippen LogP contribution in [0, 0.1) is 0 Å². The van der Waals surface area contributed by atoms with Crippen LogP contribution in [0.25, 0.3) is 0 Å². The van der Waals surface area contributed by atoms with E-state index in [0.717, 1.165) is 58.0 Å². The van der Waals surface area contributed by atoms with Gasteiger partial charge in [0.05, 0.1) is 11.5 Å². The Morgan fingerprint density at radius 1 is 1.24 bits per heavy atom. The number of carbonyl (C=O) groups is 1. The number of aliphatic carboxylic acids is 1. The highest BCUT2D eigenvalue weighted by Gasteiger charge is 2.31. The van der Waals surface area contributed by atoms with Crippen molar-refractivity contribution < 1.29 is 15.0 Å². The van der Waals surface area contributed by atoms with E-state index < -0.39 is 5.97 Å². The molecule has 1 heterocycles. The van der Waals surface area contributed by atoms with Crippen LogP contribution >= 0.6 is 11.6 Å². The van der Waals surface area contributed by atoms with E-state index in [1.807, 2.05) is 0 Å². The van der Waals surface area contributed by atoms with Crippen molar-refractivity contribution in [3.05, 3.63) is 12.2 Å². The van der Waals surface area contributed by atoms with E-state index in [1.54, 1.807) is 0 Å². The number of rotatable bonds is 14. The number of aliphatic hydroxyl groups excluding tert-OH is 1. The van der Waals surface area contributed by atoms with Gasteiger partial charge >= 0.3 is 5.97 Å². The maximum absolute atomic E-state index is 10.5. The van der Waals surface area contributed by atoms with Crippen LogP contribution < -0.4 is 0 Å². The second-order valence-electron chi connectivity index (χ2n) is 7.19. The zero-order chi connectivity index (χ0) is 18.5. The predicted octanol–water partition coefficient (Wildman–Crippen LogP) is 4.59. The summed E-state index contributed by atoms with van der Waals surface area (Å²) in [6.45, 7) is 4.23. The minimum atomic E-state index is -0.729. The van der Waals surface area contributed by atoms with Crippen molar-refractivity contribution in [3.8, 4) is 0 Å². The Balaban J connectivity index is 2.21. The number of allylic oxidation sites excluding steroid dienone is 1. The van der Waals surface area contributed by atoms with Crippen molar-refractivity contribution in [2.75, 3.05) is 13.1 Å². The number of halogens is 1. The topological polar surface area (TPSA) is 60.8 Å². The van der Waals surface area contributed by atoms with Crippen molar-refractivity contribution in [3.63, 3.8) is 0 Å². The average Bonchev–Trinajstić information content (AvgIpc) is 2.91. The molecule has 1 aliphatic rings. The molecule has 1 unspecified atom stereocenters. The molecule has 0 radical (unpaired) electrons. The molecule has 0 saturated carbocycles. The van der Waals surface area contributed by atoms with Gasteiger partial charge in [0, 0.05) is 12.5 Å². The molecule has 0 aromatic carbocycles. The number of alkyl halides is 1. The molecule has 0 bridgehead atoms. The molecule has 1 fully saturated rings. The van der Waals surface area contributed by atoms with Gasteiger partial charge in [0.2, 0.25) is 0 Å².